The van der Waals surface area contributed by atoms with E-state index < -0.39 is 0 Å². The van der Waals surface area contributed by atoms with Crippen LogP contribution in [0.4, 0.5) is 0 Å². The van der Waals surface area contributed by atoms with Crippen LogP contribution in [0.5, 0.6) is 0 Å². The van der Waals surface area contributed by atoms with E-state index in [1.807, 2.05) is 12.1 Å². The lowest BCUT2D eigenvalue weighted by Crippen LogP contribution is -2.37. The van der Waals surface area contributed by atoms with Gasteiger partial charge in [-0.1, -0.05) is 25.5 Å². The first kappa shape index (κ1) is 20.0. The Morgan fingerprint density at radius 3 is 2.46 bits per heavy atom. The number of rotatable bonds is 10. The third-order valence-corrected chi connectivity index (χ3v) is 3.46. The maximum absolute atomic E-state index is 11.4. The summed E-state index contributed by atoms with van der Waals surface area (Å²) in [6.45, 7) is 5.20. The van der Waals surface area contributed by atoms with Crippen molar-refractivity contribution in [1.82, 2.24) is 10.6 Å². The number of esters is 1. The Kier molecular flexibility index (Phi) is 10.3. The lowest BCUT2D eigenvalue weighted by Gasteiger charge is -2.12. The van der Waals surface area contributed by atoms with E-state index >= 15 is 0 Å². The number of nitrogens with one attached hydrogen (secondary N) is 2. The predicted octanol–water partition coefficient (Wildman–Crippen LogP) is 2.34. The predicted molar refractivity (Wildman–Crippen MR) is 96.3 cm³/mol. The first-order chi connectivity index (χ1) is 11.7. The zero-order valence-corrected chi connectivity index (χ0v) is 14.9. The van der Waals surface area contributed by atoms with Crippen molar-refractivity contribution in [3.63, 3.8) is 0 Å². The fraction of sp³-hybridized carbons (Fsp3) is 0.556. The number of carbonyl (C=O) groups excluding carboxylic acids is 1. The van der Waals surface area contributed by atoms with Crippen LogP contribution in [-0.2, 0) is 16.0 Å². The average molecular weight is 335 g/mol. The third kappa shape index (κ3) is 7.97. The first-order valence-corrected chi connectivity index (χ1v) is 8.40. The molecule has 2 N–H and O–H groups in total. The molecule has 1 aromatic carbocycles. The summed E-state index contributed by atoms with van der Waals surface area (Å²) in [5, 5.41) is 6.50. The number of unbranched alkanes of at least 4 members (excludes halogenated alkanes) is 1. The second-order valence-electron chi connectivity index (χ2n) is 5.36. The molecule has 0 fully saturated rings. The number of methoxy groups -OCH3 is 1. The molecule has 6 nitrogen and oxygen atoms in total. The number of carbonyl (C=O) groups is 1. The molecule has 24 heavy (non-hydrogen) atoms. The van der Waals surface area contributed by atoms with Gasteiger partial charge in [-0.15, -0.1) is 0 Å². The third-order valence-electron chi connectivity index (χ3n) is 3.46. The molecule has 6 heteroatoms. The Labute approximate surface area is 144 Å². The van der Waals surface area contributed by atoms with Gasteiger partial charge in [0.15, 0.2) is 5.96 Å². The van der Waals surface area contributed by atoms with Gasteiger partial charge in [0, 0.05) is 33.4 Å². The van der Waals surface area contributed by atoms with Gasteiger partial charge in [0.1, 0.15) is 0 Å². The van der Waals surface area contributed by atoms with Gasteiger partial charge in [-0.25, -0.2) is 4.79 Å². The van der Waals surface area contributed by atoms with Crippen LogP contribution in [0.15, 0.2) is 29.3 Å². The molecule has 0 aliphatic carbocycles. The molecular formula is C18H29N3O3. The van der Waals surface area contributed by atoms with Crippen molar-refractivity contribution in [2.75, 3.05) is 33.9 Å². The fourth-order valence-electron chi connectivity index (χ4n) is 2.01. The highest BCUT2D eigenvalue weighted by molar-refractivity contribution is 5.89. The summed E-state index contributed by atoms with van der Waals surface area (Å²) in [4.78, 5) is 15.6. The molecule has 0 aliphatic heterocycles. The van der Waals surface area contributed by atoms with Crippen LogP contribution >= 0.6 is 0 Å². The molecule has 0 unspecified atom stereocenters. The molecule has 0 saturated heterocycles. The summed E-state index contributed by atoms with van der Waals surface area (Å²) in [5.41, 5.74) is 1.61. The number of nitrogens with zero attached hydrogens (tertiary/aromatic N) is 1. The lowest BCUT2D eigenvalue weighted by atomic mass is 10.1. The quantitative estimate of drug-likeness (QED) is 0.297. The Bertz CT molecular complexity index is 501. The van der Waals surface area contributed by atoms with Crippen molar-refractivity contribution < 1.29 is 14.3 Å². The summed E-state index contributed by atoms with van der Waals surface area (Å²) in [6.07, 6.45) is 3.22. The molecule has 1 aromatic rings. The van der Waals surface area contributed by atoms with Gasteiger partial charge in [-0.05, 0) is 30.5 Å². The number of ether oxygens (including phenoxy) is 2. The summed E-state index contributed by atoms with van der Waals surface area (Å²) in [7, 11) is 3.12. The van der Waals surface area contributed by atoms with Crippen molar-refractivity contribution in [2.45, 2.75) is 32.7 Å². The molecule has 0 aliphatic rings. The average Bonchev–Trinajstić information content (AvgIpc) is 2.63. The fourth-order valence-corrected chi connectivity index (χ4v) is 2.01. The highest BCUT2D eigenvalue weighted by Crippen LogP contribution is 2.05. The molecule has 1 rings (SSSR count). The van der Waals surface area contributed by atoms with Crippen LogP contribution in [0, 0.1) is 0 Å². The van der Waals surface area contributed by atoms with E-state index in [9.17, 15) is 4.79 Å². The van der Waals surface area contributed by atoms with Crippen LogP contribution in [0.25, 0.3) is 0 Å². The van der Waals surface area contributed by atoms with E-state index in [4.69, 9.17) is 4.74 Å². The number of guanidine groups is 1. The molecule has 0 heterocycles. The smallest absolute Gasteiger partial charge is 0.337 e. The first-order valence-electron chi connectivity index (χ1n) is 8.40. The Morgan fingerprint density at radius 2 is 1.83 bits per heavy atom. The molecule has 0 radical (unpaired) electrons. The topological polar surface area (TPSA) is 72.0 Å². The van der Waals surface area contributed by atoms with Crippen LogP contribution < -0.4 is 10.6 Å². The molecular weight excluding hydrogens is 306 g/mol. The zero-order valence-electron chi connectivity index (χ0n) is 14.9. The number of aliphatic imine (C=N–C) groups is 1. The van der Waals surface area contributed by atoms with E-state index in [2.05, 4.69) is 27.3 Å². The molecule has 0 aromatic heterocycles. The molecule has 0 bridgehead atoms. The minimum absolute atomic E-state index is 0.326. The molecule has 0 amide bonds. The van der Waals surface area contributed by atoms with Gasteiger partial charge in [0.2, 0.25) is 0 Å². The monoisotopic (exact) mass is 335 g/mol. The molecule has 0 saturated carbocycles. The minimum Gasteiger partial charge on any atom is -0.465 e. The highest BCUT2D eigenvalue weighted by atomic mass is 16.5. The van der Waals surface area contributed by atoms with E-state index in [-0.39, 0.29) is 5.97 Å². The summed E-state index contributed by atoms with van der Waals surface area (Å²) < 4.78 is 10.2. The Balaban J connectivity index is 2.25. The van der Waals surface area contributed by atoms with E-state index in [1.54, 1.807) is 19.2 Å². The van der Waals surface area contributed by atoms with Crippen molar-refractivity contribution >= 4 is 11.9 Å². The second-order valence-corrected chi connectivity index (χ2v) is 5.36. The van der Waals surface area contributed by atoms with Crippen LogP contribution in [-0.4, -0.2) is 45.8 Å². The standard InChI is InChI=1S/C18H29N3O3/c1-4-5-12-24-13-6-11-20-18(19-2)21-14-15-7-9-16(10-8-15)17(22)23-3/h7-10H,4-6,11-14H2,1-3H3,(H2,19,20,21). The minimum atomic E-state index is -0.326. The largest absolute Gasteiger partial charge is 0.465 e. The van der Waals surface area contributed by atoms with Crippen molar-refractivity contribution in [2.24, 2.45) is 4.99 Å². The molecule has 0 atom stereocenters. The van der Waals surface area contributed by atoms with Crippen LogP contribution in [0.2, 0.25) is 0 Å². The summed E-state index contributed by atoms with van der Waals surface area (Å²) in [6, 6.07) is 7.31. The SMILES string of the molecule is CCCCOCCCNC(=NC)NCc1ccc(C(=O)OC)cc1. The van der Waals surface area contributed by atoms with Crippen molar-refractivity contribution in [3.05, 3.63) is 35.4 Å². The van der Waals surface area contributed by atoms with Gasteiger partial charge in [-0.2, -0.15) is 0 Å². The molecule has 134 valence electrons. The van der Waals surface area contributed by atoms with Gasteiger partial charge in [0.25, 0.3) is 0 Å². The maximum atomic E-state index is 11.4. The Morgan fingerprint density at radius 1 is 1.12 bits per heavy atom. The number of benzene rings is 1. The second kappa shape index (κ2) is 12.4. The maximum Gasteiger partial charge on any atom is 0.337 e. The normalized spacial score (nSPS) is 11.2. The van der Waals surface area contributed by atoms with Gasteiger partial charge in [0.05, 0.1) is 12.7 Å². The zero-order chi connectivity index (χ0) is 17.6. The van der Waals surface area contributed by atoms with Crippen molar-refractivity contribution in [3.8, 4) is 0 Å². The van der Waals surface area contributed by atoms with Gasteiger partial charge >= 0.3 is 5.97 Å². The molecule has 0 spiro atoms. The van der Waals surface area contributed by atoms with Crippen LogP contribution in [0.3, 0.4) is 0 Å². The summed E-state index contributed by atoms with van der Waals surface area (Å²) >= 11 is 0. The van der Waals surface area contributed by atoms with Crippen LogP contribution in [0.1, 0.15) is 42.1 Å². The van der Waals surface area contributed by atoms with E-state index in [0.29, 0.717) is 12.1 Å². The summed E-state index contributed by atoms with van der Waals surface area (Å²) in [5.74, 6) is 0.425. The number of hydrogen-bond acceptors (Lipinski definition) is 4. The highest BCUT2D eigenvalue weighted by Gasteiger charge is 2.04. The lowest BCUT2D eigenvalue weighted by molar-refractivity contribution is 0.0600. The van der Waals surface area contributed by atoms with Crippen molar-refractivity contribution in [1.29, 1.82) is 0 Å². The Hall–Kier alpha value is -2.08. The van der Waals surface area contributed by atoms with Gasteiger partial charge < -0.3 is 20.1 Å². The van der Waals surface area contributed by atoms with Gasteiger partial charge in [-0.3, -0.25) is 4.99 Å². The number of hydrogen-bond donors (Lipinski definition) is 2. The van der Waals surface area contributed by atoms with E-state index in [1.165, 1.54) is 7.11 Å². The van der Waals surface area contributed by atoms with E-state index in [0.717, 1.165) is 50.5 Å².